The van der Waals surface area contributed by atoms with E-state index in [-0.39, 0.29) is 5.91 Å². The highest BCUT2D eigenvalue weighted by Crippen LogP contribution is 2.07. The first-order chi connectivity index (χ1) is 8.74. The summed E-state index contributed by atoms with van der Waals surface area (Å²) < 4.78 is 0. The zero-order chi connectivity index (χ0) is 12.8. The van der Waals surface area contributed by atoms with Crippen molar-refractivity contribution in [1.29, 1.82) is 0 Å². The molecule has 2 aromatic rings. The van der Waals surface area contributed by atoms with Crippen LogP contribution in [0.5, 0.6) is 0 Å². The second-order valence-corrected chi connectivity index (χ2v) is 3.70. The molecule has 2 heterocycles. The van der Waals surface area contributed by atoms with Crippen LogP contribution in [0, 0.1) is 0 Å². The lowest BCUT2D eigenvalue weighted by molar-refractivity contribution is -0.114. The van der Waals surface area contributed by atoms with Gasteiger partial charge in [-0.25, -0.2) is 0 Å². The van der Waals surface area contributed by atoms with Gasteiger partial charge in [-0.1, -0.05) is 6.07 Å². The summed E-state index contributed by atoms with van der Waals surface area (Å²) in [6, 6.07) is 7.30. The summed E-state index contributed by atoms with van der Waals surface area (Å²) in [5.74, 6) is 0.919. The highest BCUT2D eigenvalue weighted by atomic mass is 16.1. The van der Waals surface area contributed by atoms with Gasteiger partial charge in [-0.05, 0) is 23.8 Å². The molecule has 0 aliphatic heterocycles. The number of nitrogens with one attached hydrogen (secondary N) is 2. The van der Waals surface area contributed by atoms with Crippen LogP contribution in [0.15, 0.2) is 36.7 Å². The smallest absolute Gasteiger partial charge is 0.222 e. The lowest BCUT2D eigenvalue weighted by Gasteiger charge is -2.05. The Morgan fingerprint density at radius 1 is 1.22 bits per heavy atom. The first-order valence-corrected chi connectivity index (χ1v) is 5.48. The van der Waals surface area contributed by atoms with Crippen molar-refractivity contribution < 1.29 is 4.79 Å². The van der Waals surface area contributed by atoms with Crippen LogP contribution in [-0.4, -0.2) is 21.1 Å². The van der Waals surface area contributed by atoms with E-state index in [0.29, 0.717) is 18.2 Å². The lowest BCUT2D eigenvalue weighted by atomic mass is 10.3. The number of anilines is 2. The standard InChI is InChI=1S/C12H13N5O/c1-9(18)15-12-5-4-11(16-17-12)14-8-10-3-2-6-13-7-10/h2-7H,8H2,1H3,(H,14,16)(H,15,17,18). The number of pyridine rings is 1. The second kappa shape index (κ2) is 5.72. The summed E-state index contributed by atoms with van der Waals surface area (Å²) in [7, 11) is 0. The van der Waals surface area contributed by atoms with Gasteiger partial charge in [0.05, 0.1) is 0 Å². The van der Waals surface area contributed by atoms with Crippen molar-refractivity contribution in [3.05, 3.63) is 42.2 Å². The highest BCUT2D eigenvalue weighted by molar-refractivity contribution is 5.87. The molecule has 6 heteroatoms. The fourth-order valence-corrected chi connectivity index (χ4v) is 1.37. The molecule has 2 N–H and O–H groups in total. The Kier molecular flexibility index (Phi) is 3.80. The number of hydrogen-bond acceptors (Lipinski definition) is 5. The number of amides is 1. The number of rotatable bonds is 4. The van der Waals surface area contributed by atoms with Crippen molar-refractivity contribution in [1.82, 2.24) is 15.2 Å². The molecule has 0 aliphatic rings. The van der Waals surface area contributed by atoms with Gasteiger partial charge < -0.3 is 10.6 Å². The van der Waals surface area contributed by atoms with Crippen LogP contribution in [-0.2, 0) is 11.3 Å². The van der Waals surface area contributed by atoms with Gasteiger partial charge >= 0.3 is 0 Å². The van der Waals surface area contributed by atoms with Crippen LogP contribution >= 0.6 is 0 Å². The zero-order valence-electron chi connectivity index (χ0n) is 9.92. The SMILES string of the molecule is CC(=O)Nc1ccc(NCc2cccnc2)nn1. The van der Waals surface area contributed by atoms with Crippen LogP contribution in [0.3, 0.4) is 0 Å². The second-order valence-electron chi connectivity index (χ2n) is 3.70. The maximum Gasteiger partial charge on any atom is 0.222 e. The molecule has 0 radical (unpaired) electrons. The molecule has 0 unspecified atom stereocenters. The van der Waals surface area contributed by atoms with Crippen molar-refractivity contribution in [3.63, 3.8) is 0 Å². The summed E-state index contributed by atoms with van der Waals surface area (Å²) in [4.78, 5) is 14.8. The summed E-state index contributed by atoms with van der Waals surface area (Å²) in [5.41, 5.74) is 1.06. The molecule has 2 aromatic heterocycles. The van der Waals surface area contributed by atoms with Gasteiger partial charge in [-0.2, -0.15) is 0 Å². The minimum Gasteiger partial charge on any atom is -0.364 e. The maximum absolute atomic E-state index is 10.8. The molecule has 0 aliphatic carbocycles. The third-order valence-corrected chi connectivity index (χ3v) is 2.17. The number of aromatic nitrogens is 3. The van der Waals surface area contributed by atoms with Gasteiger partial charge in [0.2, 0.25) is 5.91 Å². The van der Waals surface area contributed by atoms with Crippen LogP contribution in [0.4, 0.5) is 11.6 Å². The van der Waals surface area contributed by atoms with Crippen LogP contribution in [0.2, 0.25) is 0 Å². The van der Waals surface area contributed by atoms with Crippen molar-refractivity contribution in [2.45, 2.75) is 13.5 Å². The molecule has 0 spiro atoms. The molecule has 18 heavy (non-hydrogen) atoms. The van der Waals surface area contributed by atoms with Gasteiger partial charge in [0.25, 0.3) is 0 Å². The van der Waals surface area contributed by atoms with E-state index in [9.17, 15) is 4.79 Å². The Labute approximate surface area is 104 Å². The van der Waals surface area contributed by atoms with E-state index in [1.807, 2.05) is 12.1 Å². The maximum atomic E-state index is 10.8. The molecule has 0 saturated heterocycles. The van der Waals surface area contributed by atoms with Crippen molar-refractivity contribution in [2.24, 2.45) is 0 Å². The average molecular weight is 243 g/mol. The zero-order valence-corrected chi connectivity index (χ0v) is 9.92. The van der Waals surface area contributed by atoms with E-state index in [2.05, 4.69) is 25.8 Å². The summed E-state index contributed by atoms with van der Waals surface area (Å²) in [6.45, 7) is 2.05. The predicted octanol–water partition coefficient (Wildman–Crippen LogP) is 1.44. The Morgan fingerprint density at radius 2 is 2.00 bits per heavy atom. The van der Waals surface area contributed by atoms with Crippen LogP contribution in [0.25, 0.3) is 0 Å². The molecule has 6 nitrogen and oxygen atoms in total. The van der Waals surface area contributed by atoms with Gasteiger partial charge in [0.1, 0.15) is 5.82 Å². The average Bonchev–Trinajstić information content (AvgIpc) is 2.38. The largest absolute Gasteiger partial charge is 0.364 e. The number of nitrogens with zero attached hydrogens (tertiary/aromatic N) is 3. The predicted molar refractivity (Wildman–Crippen MR) is 67.9 cm³/mol. The summed E-state index contributed by atoms with van der Waals surface area (Å²) >= 11 is 0. The third kappa shape index (κ3) is 3.51. The molecule has 0 saturated carbocycles. The molecule has 0 bridgehead atoms. The molecular weight excluding hydrogens is 230 g/mol. The number of carbonyl (C=O) groups is 1. The molecule has 2 rings (SSSR count). The van der Waals surface area contributed by atoms with Gasteiger partial charge in [-0.15, -0.1) is 10.2 Å². The first-order valence-electron chi connectivity index (χ1n) is 5.48. The summed E-state index contributed by atoms with van der Waals surface area (Å²) in [5, 5.41) is 13.5. The first kappa shape index (κ1) is 12.0. The van der Waals surface area contributed by atoms with Crippen molar-refractivity contribution in [3.8, 4) is 0 Å². The Balaban J connectivity index is 1.92. The van der Waals surface area contributed by atoms with Gasteiger partial charge in [-0.3, -0.25) is 9.78 Å². The van der Waals surface area contributed by atoms with E-state index >= 15 is 0 Å². The topological polar surface area (TPSA) is 79.8 Å². The quantitative estimate of drug-likeness (QED) is 0.849. The fraction of sp³-hybridized carbons (Fsp3) is 0.167. The Bertz CT molecular complexity index is 512. The lowest BCUT2D eigenvalue weighted by Crippen LogP contribution is -2.09. The highest BCUT2D eigenvalue weighted by Gasteiger charge is 1.99. The van der Waals surface area contributed by atoms with Gasteiger partial charge in [0, 0.05) is 25.9 Å². The van der Waals surface area contributed by atoms with Gasteiger partial charge in [0.15, 0.2) is 5.82 Å². The van der Waals surface area contributed by atoms with E-state index in [1.165, 1.54) is 6.92 Å². The third-order valence-electron chi connectivity index (χ3n) is 2.17. The molecule has 0 fully saturated rings. The van der Waals surface area contributed by atoms with E-state index in [0.717, 1.165) is 5.56 Å². The molecule has 0 aromatic carbocycles. The monoisotopic (exact) mass is 243 g/mol. The van der Waals surface area contributed by atoms with Crippen molar-refractivity contribution >= 4 is 17.5 Å². The Morgan fingerprint density at radius 3 is 2.61 bits per heavy atom. The van der Waals surface area contributed by atoms with Crippen LogP contribution < -0.4 is 10.6 Å². The van der Waals surface area contributed by atoms with E-state index in [1.54, 1.807) is 24.5 Å². The molecule has 1 amide bonds. The normalized spacial score (nSPS) is 9.83. The number of carbonyl (C=O) groups excluding carboxylic acids is 1. The Hall–Kier alpha value is -2.50. The van der Waals surface area contributed by atoms with E-state index in [4.69, 9.17) is 0 Å². The fourth-order valence-electron chi connectivity index (χ4n) is 1.37. The number of hydrogen-bond donors (Lipinski definition) is 2. The molecular formula is C12H13N5O. The minimum atomic E-state index is -0.166. The van der Waals surface area contributed by atoms with Crippen molar-refractivity contribution in [2.75, 3.05) is 10.6 Å². The van der Waals surface area contributed by atoms with E-state index < -0.39 is 0 Å². The molecule has 92 valence electrons. The molecule has 0 atom stereocenters. The minimum absolute atomic E-state index is 0.166. The van der Waals surface area contributed by atoms with Crippen LogP contribution in [0.1, 0.15) is 12.5 Å². The summed E-state index contributed by atoms with van der Waals surface area (Å²) in [6.07, 6.45) is 3.51.